The average molecular weight is 1020 g/mol. The van der Waals surface area contributed by atoms with Crippen molar-refractivity contribution in [3.8, 4) is 0 Å². The Balaban J connectivity index is 0.000000491. The maximum atomic E-state index is 14.2. The Bertz CT molecular complexity index is 2140. The molecule has 21 heteroatoms. The third kappa shape index (κ3) is 13.3. The predicted octanol–water partition coefficient (Wildman–Crippen LogP) is 4.11. The number of aromatic nitrogens is 1. The third-order valence-electron chi connectivity index (χ3n) is 14.8. The van der Waals surface area contributed by atoms with E-state index in [4.69, 9.17) is 43.4 Å². The molecule has 20 nitrogen and oxygen atoms in total. The number of hydrogen-bond acceptors (Lipinski definition) is 19. The van der Waals surface area contributed by atoms with Gasteiger partial charge >= 0.3 is 5.97 Å². The number of nitrogens with zero attached hydrogens (tertiary/aromatic N) is 2. The highest BCUT2D eigenvalue weighted by Crippen LogP contribution is 2.42. The van der Waals surface area contributed by atoms with Gasteiger partial charge in [0.05, 0.1) is 58.2 Å². The summed E-state index contributed by atoms with van der Waals surface area (Å²) in [5.74, 6) is -4.34. The first kappa shape index (κ1) is 59.2. The number of likely N-dealkylation sites (N-methyl/N-ethyl adjacent to an activating group) is 1. The van der Waals surface area contributed by atoms with Crippen molar-refractivity contribution in [1.29, 1.82) is 0 Å². The van der Waals surface area contributed by atoms with E-state index in [2.05, 4.69) is 9.88 Å². The minimum atomic E-state index is -3.68. The molecule has 18 atom stereocenters. The van der Waals surface area contributed by atoms with Crippen LogP contribution in [0.3, 0.4) is 0 Å². The Hall–Kier alpha value is -3.32. The van der Waals surface area contributed by atoms with Gasteiger partial charge in [-0.2, -0.15) is 0 Å². The molecule has 0 amide bonds. The molecule has 400 valence electrons. The number of ether oxygens (including phenoxy) is 7. The van der Waals surface area contributed by atoms with Crippen LogP contribution in [0.5, 0.6) is 0 Å². The van der Waals surface area contributed by atoms with E-state index in [1.807, 2.05) is 32.8 Å². The molecule has 1 aromatic carbocycles. The number of Topliss-reactive ketones (excluding diaryl/α,β-unsaturated/α-hetero) is 1. The van der Waals surface area contributed by atoms with Crippen molar-refractivity contribution in [1.82, 2.24) is 10.1 Å². The smallest absolute Gasteiger partial charge is 0.311 e. The van der Waals surface area contributed by atoms with Crippen LogP contribution in [-0.4, -0.2) is 163 Å². The van der Waals surface area contributed by atoms with Gasteiger partial charge < -0.3 is 68.7 Å². The van der Waals surface area contributed by atoms with E-state index in [1.54, 1.807) is 62.3 Å². The largest absolute Gasteiger partial charge is 0.459 e. The number of esters is 1. The van der Waals surface area contributed by atoms with Crippen molar-refractivity contribution in [2.75, 3.05) is 38.8 Å². The summed E-state index contributed by atoms with van der Waals surface area (Å²) in [6, 6.07) is 5.61. The first-order valence-electron chi connectivity index (χ1n) is 24.1. The number of cyclic esters (lactones) is 1. The number of ketones is 1. The van der Waals surface area contributed by atoms with Gasteiger partial charge in [0.2, 0.25) is 5.88 Å². The van der Waals surface area contributed by atoms with Crippen molar-refractivity contribution >= 4 is 33.3 Å². The lowest BCUT2D eigenvalue weighted by Crippen LogP contribution is -2.61. The Kier molecular flexibility index (Phi) is 20.1. The first-order valence-corrected chi connectivity index (χ1v) is 25.6. The van der Waals surface area contributed by atoms with E-state index < -0.39 is 112 Å². The van der Waals surface area contributed by atoms with Crippen molar-refractivity contribution < 1.29 is 76.1 Å². The molecule has 4 heterocycles. The molecule has 0 bridgehead atoms. The lowest BCUT2D eigenvalue weighted by molar-refractivity contribution is -0.319. The summed E-state index contributed by atoms with van der Waals surface area (Å²) < 4.78 is 75.2. The second-order valence-electron chi connectivity index (χ2n) is 20.5. The summed E-state index contributed by atoms with van der Waals surface area (Å²) in [5, 5.41) is 49.2. The normalized spacial score (nSPS) is 39.4. The molecular formula is C49H82N4O16S. The van der Waals surface area contributed by atoms with Gasteiger partial charge in [-0.05, 0) is 113 Å². The number of nitrogens with one attached hydrogen (secondary N) is 1. The van der Waals surface area contributed by atoms with E-state index >= 15 is 0 Å². The molecule has 0 saturated carbocycles. The predicted molar refractivity (Wildman–Crippen MR) is 259 cm³/mol. The molecule has 0 radical (unpaired) electrons. The van der Waals surface area contributed by atoms with Crippen molar-refractivity contribution in [3.63, 3.8) is 0 Å². The highest BCUT2D eigenvalue weighted by Gasteiger charge is 2.54. The van der Waals surface area contributed by atoms with Gasteiger partial charge in [-0.1, -0.05) is 32.9 Å². The lowest BCUT2D eigenvalue weighted by Gasteiger charge is -2.50. The summed E-state index contributed by atoms with van der Waals surface area (Å²) in [7, 11) is 3.09. The minimum Gasteiger partial charge on any atom is -0.459 e. The first-order chi connectivity index (χ1) is 32.4. The van der Waals surface area contributed by atoms with Crippen LogP contribution in [-0.2, 0) is 52.8 Å². The second-order valence-corrected chi connectivity index (χ2v) is 22.2. The maximum absolute atomic E-state index is 14.2. The van der Waals surface area contributed by atoms with Crippen molar-refractivity contribution in [3.05, 3.63) is 35.5 Å². The number of rotatable bonds is 11. The van der Waals surface area contributed by atoms with Gasteiger partial charge in [0.1, 0.15) is 29.7 Å². The molecule has 3 aliphatic rings. The Morgan fingerprint density at radius 2 is 1.49 bits per heavy atom. The Morgan fingerprint density at radius 1 is 0.886 bits per heavy atom. The fourth-order valence-electron chi connectivity index (χ4n) is 9.92. The van der Waals surface area contributed by atoms with Crippen LogP contribution >= 0.6 is 0 Å². The molecular weight excluding hydrogens is 933 g/mol. The number of sulfonamides is 1. The van der Waals surface area contributed by atoms with E-state index in [1.165, 1.54) is 45.4 Å². The average Bonchev–Trinajstić information content (AvgIpc) is 3.61. The number of benzene rings is 1. The molecule has 3 fully saturated rings. The van der Waals surface area contributed by atoms with Gasteiger partial charge in [0.25, 0.3) is 10.0 Å². The highest BCUT2D eigenvalue weighted by atomic mass is 32.2. The zero-order chi connectivity index (χ0) is 53.0. The van der Waals surface area contributed by atoms with Gasteiger partial charge in [-0.25, -0.2) is 13.1 Å². The molecule has 70 heavy (non-hydrogen) atoms. The monoisotopic (exact) mass is 1010 g/mol. The number of nitrogen functional groups attached to an aromatic ring is 1. The van der Waals surface area contributed by atoms with Gasteiger partial charge in [0, 0.05) is 55.7 Å². The molecule has 0 spiro atoms. The van der Waals surface area contributed by atoms with Gasteiger partial charge in [-0.3, -0.25) is 9.59 Å². The number of methoxy groups -OCH3 is 2. The summed E-state index contributed by atoms with van der Waals surface area (Å²) in [5.41, 5.74) is 3.07. The van der Waals surface area contributed by atoms with E-state index in [-0.39, 0.29) is 48.0 Å². The Morgan fingerprint density at radius 3 is 2.01 bits per heavy atom. The molecule has 0 unspecified atom stereocenters. The zero-order valence-corrected chi connectivity index (χ0v) is 44.7. The van der Waals surface area contributed by atoms with Crippen molar-refractivity contribution in [2.45, 2.75) is 198 Å². The molecule has 3 saturated heterocycles. The van der Waals surface area contributed by atoms with Gasteiger partial charge in [0.15, 0.2) is 12.6 Å². The number of hydrogen-bond donors (Lipinski definition) is 6. The summed E-state index contributed by atoms with van der Waals surface area (Å²) >= 11 is 0. The van der Waals surface area contributed by atoms with E-state index in [0.29, 0.717) is 23.4 Å². The zero-order valence-electron chi connectivity index (χ0n) is 43.9. The molecule has 2 aromatic rings. The third-order valence-corrected chi connectivity index (χ3v) is 16.2. The van der Waals surface area contributed by atoms with Crippen LogP contribution in [0, 0.1) is 37.5 Å². The fraction of sp³-hybridized carbons (Fsp3) is 0.776. The number of carbonyl (C=O) groups excluding carboxylic acids is 2. The number of aryl methyl sites for hydroxylation is 1. The summed E-state index contributed by atoms with van der Waals surface area (Å²) in [4.78, 5) is 30.2. The maximum Gasteiger partial charge on any atom is 0.311 e. The number of carbonyl (C=O) groups is 2. The highest BCUT2D eigenvalue weighted by molar-refractivity contribution is 7.92. The minimum absolute atomic E-state index is 0.111. The number of aliphatic hydroxyl groups is 4. The topological polar surface area (TPSA) is 281 Å². The number of nitrogens with two attached hydrogens (primary N) is 1. The van der Waals surface area contributed by atoms with Crippen LogP contribution < -0.4 is 10.5 Å². The standard InChI is InChI=1S/C38H69NO13.C11H13N3O3S/c1-15-26-38(10,45)31(42)21(4)28(40)19(2)17-37(9,47-14)33(52-35-29(41)25(39(11)12)16-20(3)48-35)22(5)30(23(6)34(44)50-26)51-27-18-36(8,46-13)32(43)24(7)49-27;1-7-8(2)13-17-11(7)14-18(15,16)10-5-3-9(12)4-6-10/h19-27,29-33,35,41-43,45H,15-18H2,1-14H3;3-6,14H,12H2,1-2H3/t19-,20-,21+,22+,23-,24+,25+,26-,27+,29-,30+,31-,32+,33-,35+,36-,37-,38-;/m1./s1. The van der Waals surface area contributed by atoms with Crippen LogP contribution in [0.2, 0.25) is 0 Å². The van der Waals surface area contributed by atoms with Crippen LogP contribution in [0.15, 0.2) is 33.7 Å². The molecule has 5 rings (SSSR count). The molecule has 7 N–H and O–H groups in total. The molecule has 0 aliphatic carbocycles. The van der Waals surface area contributed by atoms with E-state index in [0.717, 1.165) is 0 Å². The van der Waals surface area contributed by atoms with Crippen LogP contribution in [0.25, 0.3) is 0 Å². The summed E-state index contributed by atoms with van der Waals surface area (Å²) in [6.07, 6.45) is -8.73. The van der Waals surface area contributed by atoms with Gasteiger partial charge in [-0.15, -0.1) is 0 Å². The SMILES string of the molecule is CC[C@H]1OC(=O)[C@H](C)[C@@H](O[C@H]2C[C@@](C)(OC)[C@@H](O)[C@H](C)O2)[C@H](C)[C@@H](O[C@@H]2O[C@H](C)C[C@H](N(C)C)[C@H]2O)[C@](C)(OC)C[C@@H](C)C(=O)[C@H](C)[C@@H](O)[C@]1(C)O.Cc1noc(NS(=O)(=O)c2ccc(N)cc2)c1C. The van der Waals surface area contributed by atoms with E-state index in [9.17, 15) is 38.4 Å². The van der Waals surface area contributed by atoms with Crippen LogP contribution in [0.4, 0.5) is 11.6 Å². The molecule has 3 aliphatic heterocycles. The quantitative estimate of drug-likeness (QED) is 0.136. The summed E-state index contributed by atoms with van der Waals surface area (Å²) in [6.45, 7) is 20.5. The fourth-order valence-corrected chi connectivity index (χ4v) is 11.0. The number of aliphatic hydroxyl groups excluding tert-OH is 3. The van der Waals surface area contributed by atoms with Crippen LogP contribution in [0.1, 0.15) is 106 Å². The van der Waals surface area contributed by atoms with Crippen molar-refractivity contribution in [2.24, 2.45) is 23.7 Å². The lowest BCUT2D eigenvalue weighted by atomic mass is 9.74. The molecule has 1 aromatic heterocycles. The second kappa shape index (κ2) is 23.7. The number of anilines is 2. The Labute approximate surface area is 414 Å².